The van der Waals surface area contributed by atoms with Gasteiger partial charge in [0.1, 0.15) is 12.0 Å². The number of rotatable bonds is 4. The highest BCUT2D eigenvalue weighted by Gasteiger charge is 2.16. The molecule has 3 rings (SSSR count). The fourth-order valence-corrected chi connectivity index (χ4v) is 2.62. The summed E-state index contributed by atoms with van der Waals surface area (Å²) in [6, 6.07) is 4.20. The number of nitrogen functional groups attached to an aromatic ring is 1. The van der Waals surface area contributed by atoms with E-state index in [9.17, 15) is 0 Å². The summed E-state index contributed by atoms with van der Waals surface area (Å²) >= 11 is 0. The zero-order chi connectivity index (χ0) is 14.5. The summed E-state index contributed by atoms with van der Waals surface area (Å²) in [5.74, 6) is 1.34. The molecule has 0 atom stereocenters. The van der Waals surface area contributed by atoms with Crippen LogP contribution in [-0.4, -0.2) is 21.0 Å². The van der Waals surface area contributed by atoms with Crippen LogP contribution in [0.3, 0.4) is 0 Å². The lowest BCUT2D eigenvalue weighted by atomic mass is 9.95. The molecule has 0 spiro atoms. The molecule has 2 aromatic rings. The number of nitrogens with zero attached hydrogens (tertiary/aromatic N) is 3. The third kappa shape index (κ3) is 3.39. The first-order valence-corrected chi connectivity index (χ1v) is 7.37. The molecular weight excluding hydrogens is 264 g/mol. The highest BCUT2D eigenvalue weighted by molar-refractivity contribution is 5.77. The Kier molecular flexibility index (Phi) is 4.14. The summed E-state index contributed by atoms with van der Waals surface area (Å²) in [7, 11) is 0. The third-order valence-corrected chi connectivity index (χ3v) is 3.77. The zero-order valence-electron chi connectivity index (χ0n) is 11.9. The molecule has 110 valence electrons. The number of nitrogens with one attached hydrogen (secondary N) is 2. The Hall–Kier alpha value is -2.37. The number of hydrogen-bond donors (Lipinski definition) is 3. The van der Waals surface area contributed by atoms with Crippen molar-refractivity contribution >= 4 is 23.0 Å². The van der Waals surface area contributed by atoms with Crippen LogP contribution < -0.4 is 16.4 Å². The Morgan fingerprint density at radius 3 is 2.48 bits per heavy atom. The van der Waals surface area contributed by atoms with Crippen LogP contribution in [-0.2, 0) is 0 Å². The van der Waals surface area contributed by atoms with E-state index in [-0.39, 0.29) is 0 Å². The van der Waals surface area contributed by atoms with Crippen LogP contribution in [0, 0.1) is 0 Å². The molecule has 1 aliphatic rings. The lowest BCUT2D eigenvalue weighted by Gasteiger charge is -2.24. The summed E-state index contributed by atoms with van der Waals surface area (Å²) in [6.45, 7) is 0. The molecular formula is C15H20N6. The summed E-state index contributed by atoms with van der Waals surface area (Å²) in [6.07, 6.45) is 11.2. The van der Waals surface area contributed by atoms with Crippen LogP contribution in [0.15, 0.2) is 30.9 Å². The van der Waals surface area contributed by atoms with Crippen LogP contribution in [0.25, 0.3) is 0 Å². The lowest BCUT2D eigenvalue weighted by molar-refractivity contribution is 0.462. The molecule has 0 aliphatic heterocycles. The maximum atomic E-state index is 6.18. The third-order valence-electron chi connectivity index (χ3n) is 3.77. The van der Waals surface area contributed by atoms with E-state index < -0.39 is 0 Å². The molecule has 1 saturated carbocycles. The van der Waals surface area contributed by atoms with Crippen molar-refractivity contribution in [2.24, 2.45) is 0 Å². The summed E-state index contributed by atoms with van der Waals surface area (Å²) in [5.41, 5.74) is 7.64. The van der Waals surface area contributed by atoms with Gasteiger partial charge in [0, 0.05) is 24.1 Å². The van der Waals surface area contributed by atoms with E-state index in [0.29, 0.717) is 23.4 Å². The van der Waals surface area contributed by atoms with Gasteiger partial charge in [-0.3, -0.25) is 4.98 Å². The van der Waals surface area contributed by atoms with Gasteiger partial charge < -0.3 is 16.4 Å². The molecule has 21 heavy (non-hydrogen) atoms. The smallest absolute Gasteiger partial charge is 0.159 e. The summed E-state index contributed by atoms with van der Waals surface area (Å²) in [5, 5.41) is 6.64. The molecule has 2 heterocycles. The molecule has 1 aliphatic carbocycles. The topological polar surface area (TPSA) is 88.8 Å². The monoisotopic (exact) mass is 284 g/mol. The van der Waals surface area contributed by atoms with E-state index in [1.807, 2.05) is 12.1 Å². The van der Waals surface area contributed by atoms with Crippen molar-refractivity contribution in [3.8, 4) is 0 Å². The Bertz CT molecular complexity index is 580. The van der Waals surface area contributed by atoms with E-state index in [0.717, 1.165) is 5.69 Å². The van der Waals surface area contributed by atoms with Gasteiger partial charge in [0.05, 0.1) is 0 Å². The minimum atomic E-state index is 0.463. The lowest BCUT2D eigenvalue weighted by Crippen LogP contribution is -2.23. The fourth-order valence-electron chi connectivity index (χ4n) is 2.62. The molecule has 6 nitrogen and oxygen atoms in total. The normalized spacial score (nSPS) is 15.6. The number of anilines is 4. The predicted molar refractivity (Wildman–Crippen MR) is 84.5 cm³/mol. The van der Waals surface area contributed by atoms with E-state index in [4.69, 9.17) is 5.73 Å². The van der Waals surface area contributed by atoms with Gasteiger partial charge in [0.2, 0.25) is 0 Å². The first-order valence-electron chi connectivity index (χ1n) is 7.37. The van der Waals surface area contributed by atoms with Crippen molar-refractivity contribution in [3.05, 3.63) is 30.9 Å². The van der Waals surface area contributed by atoms with Crippen molar-refractivity contribution in [2.45, 2.75) is 38.1 Å². The van der Waals surface area contributed by atoms with Crippen LogP contribution in [0.5, 0.6) is 0 Å². The molecule has 4 N–H and O–H groups in total. The SMILES string of the molecule is Nc1c(Nc2ccncc2)ncnc1NC1CCCCC1. The average Bonchev–Trinajstić information content (AvgIpc) is 2.53. The second-order valence-electron chi connectivity index (χ2n) is 5.32. The minimum Gasteiger partial charge on any atom is -0.393 e. The first kappa shape index (κ1) is 13.6. The molecule has 0 amide bonds. The Balaban J connectivity index is 1.75. The number of aromatic nitrogens is 3. The van der Waals surface area contributed by atoms with Gasteiger partial charge >= 0.3 is 0 Å². The van der Waals surface area contributed by atoms with Gasteiger partial charge in [-0.25, -0.2) is 9.97 Å². The van der Waals surface area contributed by atoms with Crippen molar-refractivity contribution in [2.75, 3.05) is 16.4 Å². The van der Waals surface area contributed by atoms with Crippen LogP contribution in [0.4, 0.5) is 23.0 Å². The highest BCUT2D eigenvalue weighted by atomic mass is 15.1. The van der Waals surface area contributed by atoms with Gasteiger partial charge in [0.25, 0.3) is 0 Å². The van der Waals surface area contributed by atoms with E-state index >= 15 is 0 Å². The van der Waals surface area contributed by atoms with E-state index in [2.05, 4.69) is 25.6 Å². The number of nitrogens with two attached hydrogens (primary N) is 1. The Labute approximate surface area is 124 Å². The minimum absolute atomic E-state index is 0.463. The van der Waals surface area contributed by atoms with Crippen LogP contribution >= 0.6 is 0 Å². The van der Waals surface area contributed by atoms with Crippen molar-refractivity contribution < 1.29 is 0 Å². The van der Waals surface area contributed by atoms with Crippen molar-refractivity contribution in [3.63, 3.8) is 0 Å². The molecule has 0 saturated heterocycles. The largest absolute Gasteiger partial charge is 0.393 e. The fraction of sp³-hybridized carbons (Fsp3) is 0.400. The van der Waals surface area contributed by atoms with Gasteiger partial charge in [-0.15, -0.1) is 0 Å². The number of hydrogen-bond acceptors (Lipinski definition) is 6. The molecule has 0 radical (unpaired) electrons. The van der Waals surface area contributed by atoms with E-state index in [1.165, 1.54) is 38.4 Å². The zero-order valence-corrected chi connectivity index (χ0v) is 11.9. The van der Waals surface area contributed by atoms with Gasteiger partial charge in [-0.05, 0) is 25.0 Å². The Morgan fingerprint density at radius 1 is 1.00 bits per heavy atom. The predicted octanol–water partition coefficient (Wildman–Crippen LogP) is 2.94. The molecule has 6 heteroatoms. The quantitative estimate of drug-likeness (QED) is 0.800. The second kappa shape index (κ2) is 6.39. The highest BCUT2D eigenvalue weighted by Crippen LogP contribution is 2.28. The van der Waals surface area contributed by atoms with Crippen molar-refractivity contribution in [1.29, 1.82) is 0 Å². The average molecular weight is 284 g/mol. The van der Waals surface area contributed by atoms with Gasteiger partial charge in [0.15, 0.2) is 11.6 Å². The first-order chi connectivity index (χ1) is 10.3. The maximum Gasteiger partial charge on any atom is 0.159 e. The maximum absolute atomic E-state index is 6.18. The van der Waals surface area contributed by atoms with Gasteiger partial charge in [-0.2, -0.15) is 0 Å². The van der Waals surface area contributed by atoms with Crippen molar-refractivity contribution in [1.82, 2.24) is 15.0 Å². The second-order valence-corrected chi connectivity index (χ2v) is 5.32. The standard InChI is InChI=1S/C15H20N6/c16-13-14(20-11-4-2-1-3-5-11)18-10-19-15(13)21-12-6-8-17-9-7-12/h6-11H,1-5,16H2,(H2,17,18,19,20,21). The molecule has 1 fully saturated rings. The van der Waals surface area contributed by atoms with Gasteiger partial charge in [-0.1, -0.05) is 19.3 Å². The molecule has 0 aromatic carbocycles. The molecule has 0 bridgehead atoms. The number of pyridine rings is 1. The van der Waals surface area contributed by atoms with Crippen LogP contribution in [0.1, 0.15) is 32.1 Å². The summed E-state index contributed by atoms with van der Waals surface area (Å²) in [4.78, 5) is 12.5. The summed E-state index contributed by atoms with van der Waals surface area (Å²) < 4.78 is 0. The Morgan fingerprint density at radius 2 is 1.71 bits per heavy atom. The van der Waals surface area contributed by atoms with E-state index in [1.54, 1.807) is 12.4 Å². The van der Waals surface area contributed by atoms with Crippen LogP contribution in [0.2, 0.25) is 0 Å². The molecule has 0 unspecified atom stereocenters. The molecule has 2 aromatic heterocycles.